The predicted molar refractivity (Wildman–Crippen MR) is 115 cm³/mol. The van der Waals surface area contributed by atoms with Crippen molar-refractivity contribution < 1.29 is 32.2 Å². The Kier molecular flexibility index (Phi) is 6.87. The molecule has 0 radical (unpaired) electrons. The van der Waals surface area contributed by atoms with Crippen LogP contribution in [-0.4, -0.2) is 64.6 Å². The zero-order valence-electron chi connectivity index (χ0n) is 18.1. The van der Waals surface area contributed by atoms with E-state index in [1.165, 1.54) is 29.2 Å². The summed E-state index contributed by atoms with van der Waals surface area (Å²) in [6.07, 6.45) is -1.34. The van der Waals surface area contributed by atoms with E-state index in [9.17, 15) is 17.6 Å². The number of rotatable bonds is 4. The minimum absolute atomic E-state index is 0.242. The number of halogens is 4. The van der Waals surface area contributed by atoms with E-state index in [4.69, 9.17) is 19.6 Å². The highest BCUT2D eigenvalue weighted by Crippen LogP contribution is 2.31. The van der Waals surface area contributed by atoms with Crippen LogP contribution in [0.25, 0.3) is 5.65 Å². The molecule has 0 spiro atoms. The van der Waals surface area contributed by atoms with E-state index in [2.05, 4.69) is 15.3 Å². The summed E-state index contributed by atoms with van der Waals surface area (Å²) in [6.45, 7) is 4.44. The average Bonchev–Trinajstić information content (AvgIpc) is 3.09. The van der Waals surface area contributed by atoms with E-state index in [0.717, 1.165) is 44.7 Å². The molecule has 182 valence electrons. The van der Waals surface area contributed by atoms with Gasteiger partial charge in [0.25, 0.3) is 0 Å². The van der Waals surface area contributed by atoms with E-state index in [0.29, 0.717) is 18.3 Å². The Labute approximate surface area is 192 Å². The van der Waals surface area contributed by atoms with Gasteiger partial charge in [-0.1, -0.05) is 0 Å². The van der Waals surface area contributed by atoms with Crippen LogP contribution >= 0.6 is 0 Å². The molecule has 0 unspecified atom stereocenters. The first-order valence-corrected chi connectivity index (χ1v) is 10.7. The molecule has 0 aliphatic carbocycles. The summed E-state index contributed by atoms with van der Waals surface area (Å²) in [5.74, 6) is -0.649. The topological polar surface area (TPSA) is 92.0 Å². The fourth-order valence-corrected chi connectivity index (χ4v) is 3.93. The maximum atomic E-state index is 13.0. The van der Waals surface area contributed by atoms with Crippen LogP contribution in [0.4, 0.5) is 23.4 Å². The number of carbonyl (C=O) groups is 1. The summed E-state index contributed by atoms with van der Waals surface area (Å²) in [5, 5.41) is 15.1. The van der Waals surface area contributed by atoms with Gasteiger partial charge in [0.1, 0.15) is 17.4 Å². The molecule has 2 aliphatic heterocycles. The smallest absolute Gasteiger partial charge is 0.490 e. The SMILES string of the molecule is Fc1ccc(OCC2CN(c3c4c(nc5ccnn35)CCNCC4)C2)cc1.O=C(O)C(F)(F)F. The molecule has 0 amide bonds. The Hall–Kier alpha value is -3.41. The quantitative estimate of drug-likeness (QED) is 0.554. The van der Waals surface area contributed by atoms with Crippen LogP contribution in [0, 0.1) is 11.7 Å². The average molecular weight is 481 g/mol. The fraction of sp³-hybridized carbons (Fsp3) is 0.409. The van der Waals surface area contributed by atoms with E-state index in [-0.39, 0.29) is 5.82 Å². The highest BCUT2D eigenvalue weighted by molar-refractivity contribution is 5.73. The molecule has 3 aromatic rings. The highest BCUT2D eigenvalue weighted by Gasteiger charge is 2.38. The van der Waals surface area contributed by atoms with Crippen molar-refractivity contribution >= 4 is 17.4 Å². The molecule has 2 N–H and O–H groups in total. The third-order valence-electron chi connectivity index (χ3n) is 5.58. The Morgan fingerprint density at radius 2 is 1.82 bits per heavy atom. The number of hydrogen-bond acceptors (Lipinski definition) is 6. The van der Waals surface area contributed by atoms with Gasteiger partial charge in [0.15, 0.2) is 5.65 Å². The molecule has 1 saturated heterocycles. The van der Waals surface area contributed by atoms with Gasteiger partial charge in [-0.25, -0.2) is 14.2 Å². The molecule has 1 aromatic carbocycles. The molecule has 2 aromatic heterocycles. The summed E-state index contributed by atoms with van der Waals surface area (Å²) in [6, 6.07) is 8.18. The van der Waals surface area contributed by atoms with Crippen LogP contribution < -0.4 is 15.0 Å². The molecule has 0 saturated carbocycles. The van der Waals surface area contributed by atoms with Crippen molar-refractivity contribution in [2.75, 3.05) is 37.7 Å². The van der Waals surface area contributed by atoms with Gasteiger partial charge in [0.2, 0.25) is 0 Å². The number of carboxylic acid groups (broad SMARTS) is 1. The van der Waals surface area contributed by atoms with Crippen LogP contribution in [0.3, 0.4) is 0 Å². The first-order chi connectivity index (χ1) is 16.2. The number of fused-ring (bicyclic) bond motifs is 2. The number of nitrogens with one attached hydrogen (secondary N) is 1. The summed E-state index contributed by atoms with van der Waals surface area (Å²) in [4.78, 5) is 16.1. The Morgan fingerprint density at radius 3 is 2.50 bits per heavy atom. The maximum Gasteiger partial charge on any atom is 0.490 e. The zero-order chi connectivity index (χ0) is 24.3. The van der Waals surface area contributed by atoms with Crippen molar-refractivity contribution in [2.45, 2.75) is 19.0 Å². The number of benzene rings is 1. The standard InChI is InChI=1S/C20H22FN5O.C2HF3O2/c21-15-1-3-16(4-2-15)27-13-14-11-25(12-14)20-17-5-8-22-9-6-18(17)24-19-7-10-23-26(19)20;3-2(4,5)1(6)7/h1-4,7,10,14,22H,5-6,8-9,11-13H2;(H,6,7). The third kappa shape index (κ3) is 5.38. The van der Waals surface area contributed by atoms with Crippen molar-refractivity contribution in [1.29, 1.82) is 0 Å². The number of alkyl halides is 3. The van der Waals surface area contributed by atoms with Crippen molar-refractivity contribution in [2.24, 2.45) is 5.92 Å². The molecule has 34 heavy (non-hydrogen) atoms. The monoisotopic (exact) mass is 481 g/mol. The Balaban J connectivity index is 0.000000344. The predicted octanol–water partition coefficient (Wildman–Crippen LogP) is 2.71. The maximum absolute atomic E-state index is 13.0. The van der Waals surface area contributed by atoms with Crippen LogP contribution in [-0.2, 0) is 17.6 Å². The first kappa shape index (κ1) is 23.7. The zero-order valence-corrected chi connectivity index (χ0v) is 18.1. The number of nitrogens with zero attached hydrogens (tertiary/aromatic N) is 4. The van der Waals surface area contributed by atoms with Gasteiger partial charge in [-0.15, -0.1) is 0 Å². The van der Waals surface area contributed by atoms with Crippen molar-refractivity contribution in [3.8, 4) is 5.75 Å². The minimum atomic E-state index is -5.08. The third-order valence-corrected chi connectivity index (χ3v) is 5.58. The lowest BCUT2D eigenvalue weighted by molar-refractivity contribution is -0.192. The largest absolute Gasteiger partial charge is 0.493 e. The van der Waals surface area contributed by atoms with Crippen LogP contribution in [0.15, 0.2) is 36.5 Å². The number of anilines is 1. The number of carboxylic acids is 1. The minimum Gasteiger partial charge on any atom is -0.493 e. The summed E-state index contributed by atoms with van der Waals surface area (Å²) < 4.78 is 52.5. The second-order valence-electron chi connectivity index (χ2n) is 8.05. The molecule has 2 aliphatic rings. The molecular weight excluding hydrogens is 458 g/mol. The van der Waals surface area contributed by atoms with Gasteiger partial charge in [0.05, 0.1) is 18.5 Å². The number of ether oxygens (including phenoxy) is 1. The molecule has 12 heteroatoms. The van der Waals surface area contributed by atoms with Gasteiger partial charge in [-0.2, -0.15) is 22.8 Å². The fourth-order valence-electron chi connectivity index (χ4n) is 3.93. The van der Waals surface area contributed by atoms with Crippen molar-refractivity contribution in [3.63, 3.8) is 0 Å². The van der Waals surface area contributed by atoms with E-state index >= 15 is 0 Å². The first-order valence-electron chi connectivity index (χ1n) is 10.7. The lowest BCUT2D eigenvalue weighted by Crippen LogP contribution is -2.50. The van der Waals surface area contributed by atoms with Crippen molar-refractivity contribution in [1.82, 2.24) is 19.9 Å². The summed E-state index contributed by atoms with van der Waals surface area (Å²) in [7, 11) is 0. The molecule has 5 rings (SSSR count). The lowest BCUT2D eigenvalue weighted by atomic mass is 9.99. The molecule has 1 fully saturated rings. The molecule has 0 bridgehead atoms. The van der Waals surface area contributed by atoms with Gasteiger partial charge < -0.3 is 20.1 Å². The van der Waals surface area contributed by atoms with E-state index in [1.54, 1.807) is 12.1 Å². The second-order valence-corrected chi connectivity index (χ2v) is 8.05. The Bertz CT molecular complexity index is 1140. The van der Waals surface area contributed by atoms with Gasteiger partial charge in [-0.3, -0.25) is 0 Å². The van der Waals surface area contributed by atoms with Gasteiger partial charge in [0, 0.05) is 43.6 Å². The molecule has 4 heterocycles. The molecular formula is C22H23F4N5O3. The molecule has 8 nitrogen and oxygen atoms in total. The van der Waals surface area contributed by atoms with E-state index in [1.807, 2.05) is 16.8 Å². The summed E-state index contributed by atoms with van der Waals surface area (Å²) >= 11 is 0. The number of hydrogen-bond donors (Lipinski definition) is 2. The van der Waals surface area contributed by atoms with Gasteiger partial charge >= 0.3 is 12.1 Å². The van der Waals surface area contributed by atoms with Crippen LogP contribution in [0.5, 0.6) is 5.75 Å². The number of aliphatic carboxylic acids is 1. The van der Waals surface area contributed by atoms with Gasteiger partial charge in [-0.05, 0) is 37.2 Å². The van der Waals surface area contributed by atoms with Crippen LogP contribution in [0.1, 0.15) is 11.3 Å². The summed E-state index contributed by atoms with van der Waals surface area (Å²) in [5.41, 5.74) is 3.42. The normalized spacial score (nSPS) is 16.2. The molecule has 0 atom stereocenters. The van der Waals surface area contributed by atoms with E-state index < -0.39 is 12.1 Å². The van der Waals surface area contributed by atoms with Crippen LogP contribution in [0.2, 0.25) is 0 Å². The lowest BCUT2D eigenvalue weighted by Gasteiger charge is -2.41. The Morgan fingerprint density at radius 1 is 1.15 bits per heavy atom. The highest BCUT2D eigenvalue weighted by atomic mass is 19.4. The number of aromatic nitrogens is 3. The second kappa shape index (κ2) is 9.84. The van der Waals surface area contributed by atoms with Crippen molar-refractivity contribution in [3.05, 3.63) is 53.6 Å².